The fraction of sp³-hybridized carbons (Fsp3) is 0.417. The Balaban J connectivity index is 2.57. The molecule has 0 aliphatic heterocycles. The molecule has 1 heterocycles. The van der Waals surface area contributed by atoms with Gasteiger partial charge in [0.2, 0.25) is 5.91 Å². The molecule has 0 unspecified atom stereocenters. The highest BCUT2D eigenvalue weighted by molar-refractivity contribution is 5.84. The third-order valence-corrected chi connectivity index (χ3v) is 2.36. The lowest BCUT2D eigenvalue weighted by molar-refractivity contribution is -0.143. The Hall–Kier alpha value is -1.91. The molecule has 0 radical (unpaired) electrons. The van der Waals surface area contributed by atoms with Crippen molar-refractivity contribution >= 4 is 11.9 Å². The molecule has 1 rings (SSSR count). The second kappa shape index (κ2) is 5.98. The van der Waals surface area contributed by atoms with Crippen LogP contribution in [0, 0.1) is 5.92 Å². The number of pyridine rings is 1. The molecule has 0 bridgehead atoms. The number of hydrogen-bond donors (Lipinski definition) is 2. The van der Waals surface area contributed by atoms with E-state index in [2.05, 4.69) is 10.3 Å². The van der Waals surface area contributed by atoms with Crippen molar-refractivity contribution in [3.8, 4) is 0 Å². The Morgan fingerprint density at radius 2 is 1.94 bits per heavy atom. The first-order valence-electron chi connectivity index (χ1n) is 5.41. The Bertz CT molecular complexity index is 390. The summed E-state index contributed by atoms with van der Waals surface area (Å²) in [5.74, 6) is -1.45. The highest BCUT2D eigenvalue weighted by Crippen LogP contribution is 2.03. The van der Waals surface area contributed by atoms with Crippen LogP contribution in [0.15, 0.2) is 24.5 Å². The average Bonchev–Trinajstić information content (AvgIpc) is 2.26. The van der Waals surface area contributed by atoms with E-state index in [9.17, 15) is 9.59 Å². The van der Waals surface area contributed by atoms with E-state index in [0.717, 1.165) is 5.56 Å². The Labute approximate surface area is 99.9 Å². The van der Waals surface area contributed by atoms with Crippen molar-refractivity contribution in [2.45, 2.75) is 26.3 Å². The van der Waals surface area contributed by atoms with Gasteiger partial charge in [-0.25, -0.2) is 4.79 Å². The van der Waals surface area contributed by atoms with Gasteiger partial charge < -0.3 is 10.4 Å². The summed E-state index contributed by atoms with van der Waals surface area (Å²) in [5, 5.41) is 11.4. The summed E-state index contributed by atoms with van der Waals surface area (Å²) in [4.78, 5) is 26.4. The second-order valence-electron chi connectivity index (χ2n) is 4.16. The zero-order valence-corrected chi connectivity index (χ0v) is 9.88. The Kier molecular flexibility index (Phi) is 4.63. The van der Waals surface area contributed by atoms with Crippen LogP contribution in [0.25, 0.3) is 0 Å². The smallest absolute Gasteiger partial charge is 0.326 e. The van der Waals surface area contributed by atoms with Crippen LogP contribution >= 0.6 is 0 Å². The van der Waals surface area contributed by atoms with Crippen LogP contribution in [0.4, 0.5) is 0 Å². The summed E-state index contributed by atoms with van der Waals surface area (Å²) in [7, 11) is 0. The van der Waals surface area contributed by atoms with Gasteiger partial charge in [0.05, 0.1) is 6.42 Å². The molecule has 0 saturated heterocycles. The fourth-order valence-corrected chi connectivity index (χ4v) is 1.42. The molecule has 5 nitrogen and oxygen atoms in total. The monoisotopic (exact) mass is 236 g/mol. The summed E-state index contributed by atoms with van der Waals surface area (Å²) in [6, 6.07) is 2.61. The molecule has 1 aromatic rings. The largest absolute Gasteiger partial charge is 0.480 e. The van der Waals surface area contributed by atoms with Crippen LogP contribution in [0.2, 0.25) is 0 Å². The summed E-state index contributed by atoms with van der Waals surface area (Å²) in [6.07, 6.45) is 3.36. The van der Waals surface area contributed by atoms with E-state index in [1.807, 2.05) is 0 Å². The topological polar surface area (TPSA) is 79.3 Å². The van der Waals surface area contributed by atoms with Crippen LogP contribution in [-0.2, 0) is 16.0 Å². The third-order valence-electron chi connectivity index (χ3n) is 2.36. The number of nitrogens with one attached hydrogen (secondary N) is 1. The summed E-state index contributed by atoms with van der Waals surface area (Å²) < 4.78 is 0. The molecule has 0 aromatic carbocycles. The van der Waals surface area contributed by atoms with E-state index >= 15 is 0 Å². The Morgan fingerprint density at radius 3 is 2.41 bits per heavy atom. The van der Waals surface area contributed by atoms with Crippen molar-refractivity contribution in [3.63, 3.8) is 0 Å². The quantitative estimate of drug-likeness (QED) is 0.794. The van der Waals surface area contributed by atoms with Gasteiger partial charge in [-0.2, -0.15) is 0 Å². The van der Waals surface area contributed by atoms with Crippen molar-refractivity contribution < 1.29 is 14.7 Å². The van der Waals surface area contributed by atoms with Crippen LogP contribution in [0.5, 0.6) is 0 Å². The average molecular weight is 236 g/mol. The molecule has 0 aliphatic carbocycles. The maximum absolute atomic E-state index is 11.6. The van der Waals surface area contributed by atoms with Gasteiger partial charge in [-0.1, -0.05) is 13.8 Å². The highest BCUT2D eigenvalue weighted by Gasteiger charge is 2.23. The lowest BCUT2D eigenvalue weighted by Crippen LogP contribution is -2.44. The number of aromatic nitrogens is 1. The van der Waals surface area contributed by atoms with E-state index in [1.54, 1.807) is 38.4 Å². The van der Waals surface area contributed by atoms with E-state index in [0.29, 0.717) is 0 Å². The normalized spacial score (nSPS) is 12.2. The number of carboxylic acid groups (broad SMARTS) is 1. The number of amides is 1. The van der Waals surface area contributed by atoms with Crippen LogP contribution in [0.3, 0.4) is 0 Å². The van der Waals surface area contributed by atoms with E-state index < -0.39 is 12.0 Å². The number of carboxylic acids is 1. The molecular formula is C12H16N2O3. The summed E-state index contributed by atoms with van der Waals surface area (Å²) in [6.45, 7) is 3.51. The van der Waals surface area contributed by atoms with Gasteiger partial charge in [-0.05, 0) is 23.6 Å². The minimum Gasteiger partial charge on any atom is -0.480 e. The van der Waals surface area contributed by atoms with Gasteiger partial charge in [0.25, 0.3) is 0 Å². The minimum absolute atomic E-state index is 0.145. The van der Waals surface area contributed by atoms with Crippen LogP contribution in [0.1, 0.15) is 19.4 Å². The molecule has 0 spiro atoms. The zero-order valence-electron chi connectivity index (χ0n) is 9.88. The van der Waals surface area contributed by atoms with Gasteiger partial charge in [0.1, 0.15) is 6.04 Å². The van der Waals surface area contributed by atoms with Gasteiger partial charge in [-0.15, -0.1) is 0 Å². The van der Waals surface area contributed by atoms with E-state index in [-0.39, 0.29) is 18.2 Å². The lowest BCUT2D eigenvalue weighted by atomic mass is 10.0. The van der Waals surface area contributed by atoms with Crippen molar-refractivity contribution in [2.24, 2.45) is 5.92 Å². The predicted octanol–water partition coefficient (Wildman–Crippen LogP) is 0.849. The predicted molar refractivity (Wildman–Crippen MR) is 62.3 cm³/mol. The standard InChI is InChI=1S/C12H16N2O3/c1-8(2)11(12(16)17)14-10(15)7-9-3-5-13-6-4-9/h3-6,8,11H,7H2,1-2H3,(H,14,15)(H,16,17)/t11-/m1/s1. The van der Waals surface area contributed by atoms with Crippen molar-refractivity contribution in [1.29, 1.82) is 0 Å². The van der Waals surface area contributed by atoms with Gasteiger partial charge in [-0.3, -0.25) is 9.78 Å². The molecule has 1 amide bonds. The maximum Gasteiger partial charge on any atom is 0.326 e. The molecule has 0 saturated carbocycles. The van der Waals surface area contributed by atoms with Gasteiger partial charge in [0, 0.05) is 12.4 Å². The SMILES string of the molecule is CC(C)[C@@H](NC(=O)Cc1ccncc1)C(=O)O. The fourth-order valence-electron chi connectivity index (χ4n) is 1.42. The van der Waals surface area contributed by atoms with Crippen molar-refractivity contribution in [2.75, 3.05) is 0 Å². The molecule has 2 N–H and O–H groups in total. The van der Waals surface area contributed by atoms with Crippen molar-refractivity contribution in [1.82, 2.24) is 10.3 Å². The maximum atomic E-state index is 11.6. The minimum atomic E-state index is -1.01. The van der Waals surface area contributed by atoms with Crippen LogP contribution < -0.4 is 5.32 Å². The van der Waals surface area contributed by atoms with Gasteiger partial charge >= 0.3 is 5.97 Å². The summed E-state index contributed by atoms with van der Waals surface area (Å²) >= 11 is 0. The zero-order chi connectivity index (χ0) is 12.8. The molecular weight excluding hydrogens is 220 g/mol. The first-order valence-corrected chi connectivity index (χ1v) is 5.41. The third kappa shape index (κ3) is 4.22. The molecule has 92 valence electrons. The first kappa shape index (κ1) is 13.2. The first-order chi connectivity index (χ1) is 8.00. The molecule has 1 atom stereocenters. The molecule has 17 heavy (non-hydrogen) atoms. The number of rotatable bonds is 5. The number of hydrogen-bond acceptors (Lipinski definition) is 3. The van der Waals surface area contributed by atoms with Crippen molar-refractivity contribution in [3.05, 3.63) is 30.1 Å². The van der Waals surface area contributed by atoms with Crippen LogP contribution in [-0.4, -0.2) is 28.0 Å². The lowest BCUT2D eigenvalue weighted by Gasteiger charge is -2.17. The number of nitrogens with zero attached hydrogens (tertiary/aromatic N) is 1. The molecule has 0 aliphatic rings. The Morgan fingerprint density at radius 1 is 1.35 bits per heavy atom. The number of carbonyl (C=O) groups is 2. The highest BCUT2D eigenvalue weighted by atomic mass is 16.4. The second-order valence-corrected chi connectivity index (χ2v) is 4.16. The number of carbonyl (C=O) groups excluding carboxylic acids is 1. The van der Waals surface area contributed by atoms with E-state index in [4.69, 9.17) is 5.11 Å². The summed E-state index contributed by atoms with van der Waals surface area (Å²) in [5.41, 5.74) is 0.811. The number of aliphatic carboxylic acids is 1. The molecule has 5 heteroatoms. The molecule has 1 aromatic heterocycles. The molecule has 0 fully saturated rings. The van der Waals surface area contributed by atoms with E-state index in [1.165, 1.54) is 0 Å². The van der Waals surface area contributed by atoms with Gasteiger partial charge in [0.15, 0.2) is 0 Å².